The first-order valence-corrected chi connectivity index (χ1v) is 9.95. The first kappa shape index (κ1) is 19.8. The molecule has 1 heterocycles. The van der Waals surface area contributed by atoms with Crippen LogP contribution in [-0.4, -0.2) is 24.7 Å². The first-order valence-electron chi connectivity index (χ1n) is 9.95. The van der Waals surface area contributed by atoms with E-state index in [0.29, 0.717) is 18.7 Å². The largest absolute Gasteiger partial charge is 0.493 e. The summed E-state index contributed by atoms with van der Waals surface area (Å²) in [6.07, 6.45) is 6.38. The van der Waals surface area contributed by atoms with E-state index in [1.54, 1.807) is 0 Å². The molecule has 1 aliphatic heterocycles. The van der Waals surface area contributed by atoms with E-state index in [-0.39, 0.29) is 0 Å². The van der Waals surface area contributed by atoms with Crippen LogP contribution in [0.2, 0.25) is 0 Å². The summed E-state index contributed by atoms with van der Waals surface area (Å²) < 4.78 is 6.10. The standard InChI is InChI=1S/C24H29N3O/c1-5-21-14-20(16-25)9-10-22(21)13-18(2)17-28-24-8-6-7-23(15-24)27-12-11-26(4)19(27)3/h6-12,14-15,18-19H,5,13,17H2,1-4H3. The van der Waals surface area contributed by atoms with E-state index in [0.717, 1.165) is 29.8 Å². The van der Waals surface area contributed by atoms with Gasteiger partial charge in [-0.25, -0.2) is 0 Å². The van der Waals surface area contributed by atoms with Gasteiger partial charge in [0.1, 0.15) is 11.9 Å². The molecule has 0 saturated carbocycles. The number of anilines is 1. The van der Waals surface area contributed by atoms with E-state index >= 15 is 0 Å². The Bertz CT molecular complexity index is 884. The molecule has 0 saturated heterocycles. The topological polar surface area (TPSA) is 39.5 Å². The van der Waals surface area contributed by atoms with Gasteiger partial charge >= 0.3 is 0 Å². The summed E-state index contributed by atoms with van der Waals surface area (Å²) >= 11 is 0. The van der Waals surface area contributed by atoms with E-state index in [1.165, 1.54) is 11.1 Å². The van der Waals surface area contributed by atoms with E-state index < -0.39 is 0 Å². The minimum atomic E-state index is 0.304. The lowest BCUT2D eigenvalue weighted by Crippen LogP contribution is -2.33. The maximum atomic E-state index is 9.09. The highest BCUT2D eigenvalue weighted by Gasteiger charge is 2.20. The second kappa shape index (κ2) is 8.84. The van der Waals surface area contributed by atoms with Crippen LogP contribution in [0.15, 0.2) is 54.9 Å². The third kappa shape index (κ3) is 4.48. The van der Waals surface area contributed by atoms with Crippen LogP contribution < -0.4 is 9.64 Å². The highest BCUT2D eigenvalue weighted by molar-refractivity contribution is 5.54. The fourth-order valence-corrected chi connectivity index (χ4v) is 3.55. The fraction of sp³-hybridized carbons (Fsp3) is 0.375. The van der Waals surface area contributed by atoms with Gasteiger partial charge in [-0.2, -0.15) is 5.26 Å². The molecule has 0 N–H and O–H groups in total. The second-order valence-electron chi connectivity index (χ2n) is 7.57. The number of rotatable bonds is 7. The Morgan fingerprint density at radius 1 is 1.14 bits per heavy atom. The molecule has 0 amide bonds. The number of benzene rings is 2. The van der Waals surface area contributed by atoms with Gasteiger partial charge in [-0.1, -0.05) is 26.0 Å². The van der Waals surface area contributed by atoms with Gasteiger partial charge in [0.2, 0.25) is 0 Å². The molecule has 0 bridgehead atoms. The van der Waals surface area contributed by atoms with Crippen molar-refractivity contribution in [2.45, 2.75) is 39.8 Å². The number of nitrogens with zero attached hydrogens (tertiary/aromatic N) is 3. The summed E-state index contributed by atoms with van der Waals surface area (Å²) in [5.41, 5.74) is 4.44. The Balaban J connectivity index is 1.61. The molecule has 0 aliphatic carbocycles. The summed E-state index contributed by atoms with van der Waals surface area (Å²) in [6.45, 7) is 7.19. The molecule has 146 valence electrons. The summed E-state index contributed by atoms with van der Waals surface area (Å²) in [7, 11) is 2.08. The molecular weight excluding hydrogens is 346 g/mol. The van der Waals surface area contributed by atoms with Crippen molar-refractivity contribution in [1.29, 1.82) is 5.26 Å². The van der Waals surface area contributed by atoms with Gasteiger partial charge in [0.25, 0.3) is 0 Å². The molecule has 2 aromatic carbocycles. The quantitative estimate of drug-likeness (QED) is 0.687. The van der Waals surface area contributed by atoms with Gasteiger partial charge < -0.3 is 14.5 Å². The molecule has 1 aliphatic rings. The zero-order chi connectivity index (χ0) is 20.1. The summed E-state index contributed by atoms with van der Waals surface area (Å²) in [6, 6.07) is 16.5. The number of aryl methyl sites for hydroxylation is 1. The third-order valence-corrected chi connectivity index (χ3v) is 5.39. The molecule has 2 atom stereocenters. The van der Waals surface area contributed by atoms with E-state index in [9.17, 15) is 0 Å². The van der Waals surface area contributed by atoms with Crippen LogP contribution in [0, 0.1) is 17.2 Å². The third-order valence-electron chi connectivity index (χ3n) is 5.39. The summed E-state index contributed by atoms with van der Waals surface area (Å²) in [4.78, 5) is 4.42. The van der Waals surface area contributed by atoms with Crippen molar-refractivity contribution in [3.8, 4) is 11.8 Å². The van der Waals surface area contributed by atoms with Gasteiger partial charge in [-0.05, 0) is 61.1 Å². The van der Waals surface area contributed by atoms with Crippen molar-refractivity contribution in [3.05, 3.63) is 71.6 Å². The lowest BCUT2D eigenvalue weighted by molar-refractivity contribution is 0.259. The Morgan fingerprint density at radius 2 is 1.96 bits per heavy atom. The molecular formula is C24H29N3O. The van der Waals surface area contributed by atoms with Crippen molar-refractivity contribution in [2.75, 3.05) is 18.6 Å². The van der Waals surface area contributed by atoms with Crippen LogP contribution in [0.4, 0.5) is 5.69 Å². The molecule has 28 heavy (non-hydrogen) atoms. The van der Waals surface area contributed by atoms with Crippen molar-refractivity contribution in [2.24, 2.45) is 5.92 Å². The maximum absolute atomic E-state index is 9.09. The first-order chi connectivity index (χ1) is 13.5. The normalized spacial score (nSPS) is 16.9. The van der Waals surface area contributed by atoms with Gasteiger partial charge in [-0.15, -0.1) is 0 Å². The maximum Gasteiger partial charge on any atom is 0.121 e. The molecule has 4 nitrogen and oxygen atoms in total. The number of hydrogen-bond donors (Lipinski definition) is 0. The van der Waals surface area contributed by atoms with E-state index in [2.05, 4.69) is 74.3 Å². The Morgan fingerprint density at radius 3 is 2.64 bits per heavy atom. The van der Waals surface area contributed by atoms with E-state index in [1.807, 2.05) is 24.3 Å². The Kier molecular flexibility index (Phi) is 6.26. The van der Waals surface area contributed by atoms with Crippen LogP contribution >= 0.6 is 0 Å². The predicted molar refractivity (Wildman–Crippen MR) is 114 cm³/mol. The summed E-state index contributed by atoms with van der Waals surface area (Å²) in [5.74, 6) is 1.29. The second-order valence-corrected chi connectivity index (χ2v) is 7.57. The van der Waals surface area contributed by atoms with Gasteiger partial charge in [0.15, 0.2) is 0 Å². The minimum Gasteiger partial charge on any atom is -0.493 e. The predicted octanol–water partition coefficient (Wildman–Crippen LogP) is 4.95. The van der Waals surface area contributed by atoms with Crippen molar-refractivity contribution < 1.29 is 4.74 Å². The van der Waals surface area contributed by atoms with E-state index in [4.69, 9.17) is 10.00 Å². The average Bonchev–Trinajstić information content (AvgIpc) is 3.05. The highest BCUT2D eigenvalue weighted by atomic mass is 16.5. The van der Waals surface area contributed by atoms with Crippen molar-refractivity contribution in [1.82, 2.24) is 4.90 Å². The minimum absolute atomic E-state index is 0.304. The number of nitriles is 1. The molecule has 2 unspecified atom stereocenters. The van der Waals surface area contributed by atoms with Crippen LogP contribution in [-0.2, 0) is 12.8 Å². The van der Waals surface area contributed by atoms with Gasteiger partial charge in [0.05, 0.1) is 18.2 Å². The monoisotopic (exact) mass is 375 g/mol. The zero-order valence-corrected chi connectivity index (χ0v) is 17.2. The lowest BCUT2D eigenvalue weighted by atomic mass is 9.94. The molecule has 2 aromatic rings. The van der Waals surface area contributed by atoms with Crippen LogP contribution in [0.3, 0.4) is 0 Å². The molecule has 4 heteroatoms. The average molecular weight is 376 g/mol. The molecule has 0 radical (unpaired) electrons. The molecule has 0 fully saturated rings. The smallest absolute Gasteiger partial charge is 0.121 e. The fourth-order valence-electron chi connectivity index (χ4n) is 3.55. The van der Waals surface area contributed by atoms with Crippen LogP contribution in [0.1, 0.15) is 37.5 Å². The van der Waals surface area contributed by atoms with Gasteiger partial charge in [-0.3, -0.25) is 0 Å². The molecule has 0 spiro atoms. The van der Waals surface area contributed by atoms with Crippen molar-refractivity contribution >= 4 is 5.69 Å². The van der Waals surface area contributed by atoms with Crippen LogP contribution in [0.5, 0.6) is 5.75 Å². The Labute approximate surface area is 168 Å². The molecule has 0 aromatic heterocycles. The summed E-state index contributed by atoms with van der Waals surface area (Å²) in [5, 5.41) is 9.09. The van der Waals surface area contributed by atoms with Crippen molar-refractivity contribution in [3.63, 3.8) is 0 Å². The molecule has 3 rings (SSSR count). The van der Waals surface area contributed by atoms with Crippen LogP contribution in [0.25, 0.3) is 0 Å². The lowest BCUT2D eigenvalue weighted by Gasteiger charge is -2.27. The SMILES string of the molecule is CCc1cc(C#N)ccc1CC(C)COc1cccc(N2C=CN(C)C2C)c1. The number of ether oxygens (including phenoxy) is 1. The Hall–Kier alpha value is -2.93. The highest BCUT2D eigenvalue weighted by Crippen LogP contribution is 2.27. The number of hydrogen-bond acceptors (Lipinski definition) is 4. The van der Waals surface area contributed by atoms with Gasteiger partial charge in [0, 0.05) is 31.2 Å². The zero-order valence-electron chi connectivity index (χ0n) is 17.2.